The Hall–Kier alpha value is -0.0800. The molecule has 0 aliphatic heterocycles. The lowest BCUT2D eigenvalue weighted by molar-refractivity contribution is 0.213. The molecule has 0 aromatic carbocycles. The first-order valence-corrected chi connectivity index (χ1v) is 5.07. The lowest BCUT2D eigenvalue weighted by Gasteiger charge is -2.25. The standard InChI is InChI=1S/C10H23NO/c1-4-10(5-2)11(3)8-6-7-9-12/h10,12H,4-9H2,1-3H3. The van der Waals surface area contributed by atoms with E-state index < -0.39 is 0 Å². The van der Waals surface area contributed by atoms with Crippen LogP contribution in [0.25, 0.3) is 0 Å². The van der Waals surface area contributed by atoms with Crippen LogP contribution < -0.4 is 0 Å². The molecule has 0 unspecified atom stereocenters. The van der Waals surface area contributed by atoms with Crippen molar-refractivity contribution in [3.05, 3.63) is 0 Å². The molecule has 0 spiro atoms. The van der Waals surface area contributed by atoms with E-state index in [1.54, 1.807) is 0 Å². The predicted octanol–water partition coefficient (Wildman–Crippen LogP) is 1.88. The molecule has 0 fully saturated rings. The molecule has 0 aliphatic rings. The average molecular weight is 173 g/mol. The molecule has 0 aromatic rings. The Morgan fingerprint density at radius 1 is 1.17 bits per heavy atom. The van der Waals surface area contributed by atoms with Crippen LogP contribution >= 0.6 is 0 Å². The first-order valence-electron chi connectivity index (χ1n) is 5.07. The van der Waals surface area contributed by atoms with Crippen molar-refractivity contribution in [3.8, 4) is 0 Å². The summed E-state index contributed by atoms with van der Waals surface area (Å²) in [6.07, 6.45) is 4.51. The molecule has 0 radical (unpaired) electrons. The van der Waals surface area contributed by atoms with Crippen molar-refractivity contribution in [2.24, 2.45) is 0 Å². The summed E-state index contributed by atoms with van der Waals surface area (Å²) in [6.45, 7) is 5.91. The molecule has 2 heteroatoms. The SMILES string of the molecule is CCC(CC)N(C)CCCCO. The summed E-state index contributed by atoms with van der Waals surface area (Å²) in [5.74, 6) is 0. The van der Waals surface area contributed by atoms with Gasteiger partial charge in [0.15, 0.2) is 0 Å². The minimum Gasteiger partial charge on any atom is -0.396 e. The summed E-state index contributed by atoms with van der Waals surface area (Å²) >= 11 is 0. The van der Waals surface area contributed by atoms with E-state index >= 15 is 0 Å². The van der Waals surface area contributed by atoms with Gasteiger partial charge in [-0.15, -0.1) is 0 Å². The van der Waals surface area contributed by atoms with E-state index in [9.17, 15) is 0 Å². The fourth-order valence-electron chi connectivity index (χ4n) is 1.57. The van der Waals surface area contributed by atoms with Crippen LogP contribution in [0.4, 0.5) is 0 Å². The van der Waals surface area contributed by atoms with Gasteiger partial charge in [-0.3, -0.25) is 0 Å². The van der Waals surface area contributed by atoms with Gasteiger partial charge in [0.1, 0.15) is 0 Å². The number of unbranched alkanes of at least 4 members (excludes halogenated alkanes) is 1. The summed E-state index contributed by atoms with van der Waals surface area (Å²) < 4.78 is 0. The van der Waals surface area contributed by atoms with Gasteiger partial charge in [-0.1, -0.05) is 13.8 Å². The maximum atomic E-state index is 8.61. The van der Waals surface area contributed by atoms with Gasteiger partial charge in [0.05, 0.1) is 0 Å². The number of aliphatic hydroxyl groups excluding tert-OH is 1. The van der Waals surface area contributed by atoms with E-state index in [0.717, 1.165) is 25.4 Å². The van der Waals surface area contributed by atoms with Crippen molar-refractivity contribution in [2.45, 2.75) is 45.6 Å². The third kappa shape index (κ3) is 4.73. The van der Waals surface area contributed by atoms with E-state index in [1.165, 1.54) is 12.8 Å². The van der Waals surface area contributed by atoms with Crippen molar-refractivity contribution in [2.75, 3.05) is 20.2 Å². The first-order chi connectivity index (χ1) is 5.76. The number of rotatable bonds is 7. The second-order valence-electron chi connectivity index (χ2n) is 3.38. The summed E-state index contributed by atoms with van der Waals surface area (Å²) in [6, 6.07) is 0.726. The van der Waals surface area contributed by atoms with E-state index in [4.69, 9.17) is 5.11 Å². The highest BCUT2D eigenvalue weighted by molar-refractivity contribution is 4.64. The van der Waals surface area contributed by atoms with Gasteiger partial charge in [0.2, 0.25) is 0 Å². The van der Waals surface area contributed by atoms with Crippen molar-refractivity contribution in [3.63, 3.8) is 0 Å². The smallest absolute Gasteiger partial charge is 0.0431 e. The van der Waals surface area contributed by atoms with Gasteiger partial charge >= 0.3 is 0 Å². The second-order valence-corrected chi connectivity index (χ2v) is 3.38. The molecule has 0 aliphatic carbocycles. The summed E-state index contributed by atoms with van der Waals surface area (Å²) in [5, 5.41) is 8.61. The summed E-state index contributed by atoms with van der Waals surface area (Å²) in [5.41, 5.74) is 0. The van der Waals surface area contributed by atoms with Crippen molar-refractivity contribution in [1.82, 2.24) is 4.90 Å². The van der Waals surface area contributed by atoms with Gasteiger partial charge in [-0.05, 0) is 39.3 Å². The summed E-state index contributed by atoms with van der Waals surface area (Å²) in [7, 11) is 2.18. The quantitative estimate of drug-likeness (QED) is 0.594. The van der Waals surface area contributed by atoms with Crippen LogP contribution in [0.5, 0.6) is 0 Å². The Bertz CT molecular complexity index is 91.8. The zero-order valence-corrected chi connectivity index (χ0v) is 8.71. The van der Waals surface area contributed by atoms with Crippen molar-refractivity contribution < 1.29 is 5.11 Å². The molecule has 12 heavy (non-hydrogen) atoms. The van der Waals surface area contributed by atoms with Crippen LogP contribution in [0, 0.1) is 0 Å². The zero-order valence-electron chi connectivity index (χ0n) is 8.71. The molecular formula is C10H23NO. The first kappa shape index (κ1) is 11.9. The molecule has 0 saturated heterocycles. The topological polar surface area (TPSA) is 23.5 Å². The van der Waals surface area contributed by atoms with Gasteiger partial charge < -0.3 is 10.0 Å². The normalized spacial score (nSPS) is 11.5. The predicted molar refractivity (Wildman–Crippen MR) is 53.3 cm³/mol. The van der Waals surface area contributed by atoms with E-state index in [2.05, 4.69) is 25.8 Å². The fraction of sp³-hybridized carbons (Fsp3) is 1.00. The minimum atomic E-state index is 0.330. The molecule has 0 atom stereocenters. The molecule has 1 N–H and O–H groups in total. The van der Waals surface area contributed by atoms with Gasteiger partial charge in [-0.2, -0.15) is 0 Å². The van der Waals surface area contributed by atoms with Crippen LogP contribution in [0.1, 0.15) is 39.5 Å². The zero-order chi connectivity index (χ0) is 9.40. The monoisotopic (exact) mass is 173 g/mol. The highest BCUT2D eigenvalue weighted by Crippen LogP contribution is 2.06. The Morgan fingerprint density at radius 2 is 1.75 bits per heavy atom. The van der Waals surface area contributed by atoms with Crippen LogP contribution in [0.2, 0.25) is 0 Å². The molecule has 0 heterocycles. The van der Waals surface area contributed by atoms with Crippen LogP contribution in [0.3, 0.4) is 0 Å². The molecule has 0 amide bonds. The maximum absolute atomic E-state index is 8.61. The second kappa shape index (κ2) is 7.56. The van der Waals surface area contributed by atoms with E-state index in [0.29, 0.717) is 6.61 Å². The highest BCUT2D eigenvalue weighted by Gasteiger charge is 2.08. The Morgan fingerprint density at radius 3 is 2.17 bits per heavy atom. The van der Waals surface area contributed by atoms with Gasteiger partial charge in [0, 0.05) is 12.6 Å². The molecular weight excluding hydrogens is 150 g/mol. The molecule has 0 bridgehead atoms. The number of aliphatic hydroxyl groups is 1. The van der Waals surface area contributed by atoms with Crippen molar-refractivity contribution >= 4 is 0 Å². The molecule has 0 rings (SSSR count). The minimum absolute atomic E-state index is 0.330. The molecule has 0 saturated carbocycles. The lowest BCUT2D eigenvalue weighted by atomic mass is 10.1. The average Bonchev–Trinajstić information content (AvgIpc) is 2.07. The number of nitrogens with zero attached hydrogens (tertiary/aromatic N) is 1. The molecule has 2 nitrogen and oxygen atoms in total. The number of hydrogen-bond acceptors (Lipinski definition) is 2. The Balaban J connectivity index is 3.47. The maximum Gasteiger partial charge on any atom is 0.0431 e. The molecule has 74 valence electrons. The Kier molecular flexibility index (Phi) is 7.51. The van der Waals surface area contributed by atoms with Crippen LogP contribution in [-0.4, -0.2) is 36.2 Å². The van der Waals surface area contributed by atoms with Crippen LogP contribution in [0.15, 0.2) is 0 Å². The Labute approximate surface area is 76.6 Å². The molecule has 0 aromatic heterocycles. The third-order valence-electron chi connectivity index (χ3n) is 2.48. The third-order valence-corrected chi connectivity index (χ3v) is 2.48. The lowest BCUT2D eigenvalue weighted by Crippen LogP contribution is -2.31. The summed E-state index contributed by atoms with van der Waals surface area (Å²) in [4.78, 5) is 2.40. The van der Waals surface area contributed by atoms with Gasteiger partial charge in [0.25, 0.3) is 0 Å². The van der Waals surface area contributed by atoms with E-state index in [1.807, 2.05) is 0 Å². The van der Waals surface area contributed by atoms with Crippen molar-refractivity contribution in [1.29, 1.82) is 0 Å². The van der Waals surface area contributed by atoms with Gasteiger partial charge in [-0.25, -0.2) is 0 Å². The number of hydrogen-bond donors (Lipinski definition) is 1. The largest absolute Gasteiger partial charge is 0.396 e. The van der Waals surface area contributed by atoms with Crippen LogP contribution in [-0.2, 0) is 0 Å². The fourth-order valence-corrected chi connectivity index (χ4v) is 1.57. The highest BCUT2D eigenvalue weighted by atomic mass is 16.2. The van der Waals surface area contributed by atoms with E-state index in [-0.39, 0.29) is 0 Å².